The van der Waals surface area contributed by atoms with Crippen LogP contribution in [0.3, 0.4) is 0 Å². The number of para-hydroxylation sites is 1. The SMILES string of the molecule is O=C(N/N=C\c1cccc(O)c1)c1cc(-c2ccccc2Cl)nc2ccccc12. The lowest BCUT2D eigenvalue weighted by Gasteiger charge is -2.10. The molecule has 0 aliphatic carbocycles. The molecule has 6 heteroatoms. The monoisotopic (exact) mass is 401 g/mol. The van der Waals surface area contributed by atoms with E-state index in [1.165, 1.54) is 6.21 Å². The van der Waals surface area contributed by atoms with Crippen LogP contribution < -0.4 is 5.43 Å². The van der Waals surface area contributed by atoms with Crippen molar-refractivity contribution in [3.63, 3.8) is 0 Å². The van der Waals surface area contributed by atoms with Crippen LogP contribution in [0.15, 0.2) is 84.0 Å². The number of fused-ring (bicyclic) bond motifs is 1. The third-order valence-corrected chi connectivity index (χ3v) is 4.69. The first-order chi connectivity index (χ1) is 14.1. The van der Waals surface area contributed by atoms with Gasteiger partial charge in [0, 0.05) is 16.0 Å². The smallest absolute Gasteiger partial charge is 0.272 e. The molecule has 142 valence electrons. The van der Waals surface area contributed by atoms with E-state index in [0.717, 1.165) is 5.56 Å². The Hall–Kier alpha value is -3.70. The molecule has 1 amide bonds. The number of phenols is 1. The second-order valence-corrected chi connectivity index (χ2v) is 6.75. The molecule has 2 N–H and O–H groups in total. The number of carbonyl (C=O) groups is 1. The standard InChI is InChI=1S/C23H16ClN3O2/c24-20-10-3-1-9-18(20)22-13-19(17-8-2-4-11-21(17)26-22)23(29)27-25-14-15-6-5-7-16(28)12-15/h1-14,28H,(H,27,29)/b25-14-. The number of benzene rings is 3. The van der Waals surface area contributed by atoms with Gasteiger partial charge in [-0.3, -0.25) is 4.79 Å². The molecule has 0 unspecified atom stereocenters. The molecule has 1 heterocycles. The quantitative estimate of drug-likeness (QED) is 0.372. The Kier molecular flexibility index (Phi) is 5.22. The van der Waals surface area contributed by atoms with Gasteiger partial charge in [-0.15, -0.1) is 0 Å². The van der Waals surface area contributed by atoms with Crippen molar-refractivity contribution >= 4 is 34.6 Å². The van der Waals surface area contributed by atoms with Crippen molar-refractivity contribution in [3.8, 4) is 17.0 Å². The number of aromatic hydroxyl groups is 1. The number of phenolic OH excluding ortho intramolecular Hbond substituents is 1. The lowest BCUT2D eigenvalue weighted by atomic mass is 10.0. The van der Waals surface area contributed by atoms with E-state index in [9.17, 15) is 9.90 Å². The van der Waals surface area contributed by atoms with Crippen molar-refractivity contribution in [2.45, 2.75) is 0 Å². The fourth-order valence-electron chi connectivity index (χ4n) is 3.00. The maximum atomic E-state index is 12.8. The Labute approximate surface area is 172 Å². The van der Waals surface area contributed by atoms with E-state index >= 15 is 0 Å². The minimum Gasteiger partial charge on any atom is -0.508 e. The average molecular weight is 402 g/mol. The van der Waals surface area contributed by atoms with Crippen molar-refractivity contribution in [2.24, 2.45) is 5.10 Å². The highest BCUT2D eigenvalue weighted by molar-refractivity contribution is 6.33. The molecule has 1 aromatic heterocycles. The van der Waals surface area contributed by atoms with Gasteiger partial charge in [0.05, 0.1) is 23.0 Å². The molecule has 4 rings (SSSR count). The van der Waals surface area contributed by atoms with E-state index in [-0.39, 0.29) is 11.7 Å². The van der Waals surface area contributed by atoms with E-state index in [1.54, 1.807) is 36.4 Å². The van der Waals surface area contributed by atoms with E-state index in [4.69, 9.17) is 11.6 Å². The average Bonchev–Trinajstić information content (AvgIpc) is 2.73. The van der Waals surface area contributed by atoms with E-state index in [2.05, 4.69) is 15.5 Å². The minimum atomic E-state index is -0.367. The number of rotatable bonds is 4. The summed E-state index contributed by atoms with van der Waals surface area (Å²) in [5, 5.41) is 14.8. The number of hydrazone groups is 1. The van der Waals surface area contributed by atoms with Crippen LogP contribution in [0.1, 0.15) is 15.9 Å². The summed E-state index contributed by atoms with van der Waals surface area (Å²) in [5.74, 6) is -0.238. The number of hydrogen-bond acceptors (Lipinski definition) is 4. The molecule has 0 fully saturated rings. The zero-order chi connectivity index (χ0) is 20.2. The summed E-state index contributed by atoms with van der Waals surface area (Å²) in [4.78, 5) is 17.5. The fraction of sp³-hybridized carbons (Fsp3) is 0. The van der Waals surface area contributed by atoms with Crippen LogP contribution in [0.5, 0.6) is 5.75 Å². The molecule has 0 saturated heterocycles. The zero-order valence-corrected chi connectivity index (χ0v) is 16.0. The van der Waals surface area contributed by atoms with Crippen LogP contribution >= 0.6 is 11.6 Å². The van der Waals surface area contributed by atoms with Crippen LogP contribution in [0.2, 0.25) is 5.02 Å². The van der Waals surface area contributed by atoms with Crippen molar-refractivity contribution in [2.75, 3.05) is 0 Å². The molecule has 0 radical (unpaired) electrons. The Morgan fingerprint density at radius 3 is 2.62 bits per heavy atom. The van der Waals surface area contributed by atoms with E-state index in [1.807, 2.05) is 42.5 Å². The van der Waals surface area contributed by atoms with Crippen LogP contribution in [-0.2, 0) is 0 Å². The topological polar surface area (TPSA) is 74.6 Å². The van der Waals surface area contributed by atoms with Crippen LogP contribution in [0.25, 0.3) is 22.2 Å². The largest absolute Gasteiger partial charge is 0.508 e. The number of hydrogen-bond donors (Lipinski definition) is 2. The van der Waals surface area contributed by atoms with Gasteiger partial charge in [0.1, 0.15) is 5.75 Å². The molecule has 5 nitrogen and oxygen atoms in total. The minimum absolute atomic E-state index is 0.129. The highest BCUT2D eigenvalue weighted by Gasteiger charge is 2.14. The Bertz CT molecular complexity index is 1240. The maximum absolute atomic E-state index is 12.8. The first-order valence-electron chi connectivity index (χ1n) is 8.89. The Morgan fingerprint density at radius 2 is 1.79 bits per heavy atom. The van der Waals surface area contributed by atoms with Crippen LogP contribution in [0.4, 0.5) is 0 Å². The van der Waals surface area contributed by atoms with Gasteiger partial charge < -0.3 is 5.11 Å². The number of pyridine rings is 1. The first kappa shape index (κ1) is 18.7. The first-order valence-corrected chi connectivity index (χ1v) is 9.27. The molecule has 0 atom stereocenters. The lowest BCUT2D eigenvalue weighted by molar-refractivity contribution is 0.0956. The van der Waals surface area contributed by atoms with Gasteiger partial charge in [0.2, 0.25) is 0 Å². The van der Waals surface area contributed by atoms with E-state index in [0.29, 0.717) is 32.7 Å². The summed E-state index contributed by atoms with van der Waals surface area (Å²) in [5.41, 5.74) is 5.69. The number of amides is 1. The number of carbonyl (C=O) groups excluding carboxylic acids is 1. The summed E-state index contributed by atoms with van der Waals surface area (Å²) >= 11 is 6.32. The van der Waals surface area contributed by atoms with Crippen LogP contribution in [-0.4, -0.2) is 22.2 Å². The second kappa shape index (κ2) is 8.12. The van der Waals surface area contributed by atoms with E-state index < -0.39 is 0 Å². The molecule has 0 aliphatic heterocycles. The number of halogens is 1. The molecule has 29 heavy (non-hydrogen) atoms. The zero-order valence-electron chi connectivity index (χ0n) is 15.2. The predicted octanol–water partition coefficient (Wildman–Crippen LogP) is 5.02. The van der Waals surface area contributed by atoms with Gasteiger partial charge >= 0.3 is 0 Å². The lowest BCUT2D eigenvalue weighted by Crippen LogP contribution is -2.18. The highest BCUT2D eigenvalue weighted by atomic mass is 35.5. The van der Waals surface area contributed by atoms with Gasteiger partial charge in [-0.05, 0) is 35.9 Å². The molecule has 0 spiro atoms. The normalized spacial score (nSPS) is 11.1. The van der Waals surface area contributed by atoms with Gasteiger partial charge in [-0.1, -0.05) is 60.1 Å². The van der Waals surface area contributed by atoms with Crippen LogP contribution in [0, 0.1) is 0 Å². The molecular formula is C23H16ClN3O2. The molecule has 0 saturated carbocycles. The molecule has 0 bridgehead atoms. The molecular weight excluding hydrogens is 386 g/mol. The second-order valence-electron chi connectivity index (χ2n) is 6.35. The molecule has 3 aromatic carbocycles. The summed E-state index contributed by atoms with van der Waals surface area (Å²) in [6.45, 7) is 0. The Balaban J connectivity index is 1.70. The highest BCUT2D eigenvalue weighted by Crippen LogP contribution is 2.29. The summed E-state index contributed by atoms with van der Waals surface area (Å²) < 4.78 is 0. The van der Waals surface area contributed by atoms with Gasteiger partial charge in [-0.25, -0.2) is 10.4 Å². The fourth-order valence-corrected chi connectivity index (χ4v) is 3.23. The van der Waals surface area contributed by atoms with Crippen molar-refractivity contribution in [3.05, 3.63) is 95.0 Å². The van der Waals surface area contributed by atoms with Crippen molar-refractivity contribution in [1.29, 1.82) is 0 Å². The summed E-state index contributed by atoms with van der Waals surface area (Å²) in [6, 6.07) is 23.1. The Morgan fingerprint density at radius 1 is 1.00 bits per heavy atom. The third kappa shape index (κ3) is 4.10. The maximum Gasteiger partial charge on any atom is 0.272 e. The number of nitrogens with one attached hydrogen (secondary N) is 1. The van der Waals surface area contributed by atoms with Gasteiger partial charge in [0.15, 0.2) is 0 Å². The van der Waals surface area contributed by atoms with Crippen molar-refractivity contribution < 1.29 is 9.90 Å². The predicted molar refractivity (Wildman–Crippen MR) is 115 cm³/mol. The number of aromatic nitrogens is 1. The third-order valence-electron chi connectivity index (χ3n) is 4.36. The van der Waals surface area contributed by atoms with Gasteiger partial charge in [0.25, 0.3) is 5.91 Å². The van der Waals surface area contributed by atoms with Gasteiger partial charge in [-0.2, -0.15) is 5.10 Å². The molecule has 4 aromatic rings. The summed E-state index contributed by atoms with van der Waals surface area (Å²) in [6.07, 6.45) is 1.47. The summed E-state index contributed by atoms with van der Waals surface area (Å²) in [7, 11) is 0. The van der Waals surface area contributed by atoms with Crippen molar-refractivity contribution in [1.82, 2.24) is 10.4 Å². The number of nitrogens with zero attached hydrogens (tertiary/aromatic N) is 2. The molecule has 0 aliphatic rings.